The summed E-state index contributed by atoms with van der Waals surface area (Å²) in [5.41, 5.74) is 0. The molecule has 0 radical (unpaired) electrons. The summed E-state index contributed by atoms with van der Waals surface area (Å²) in [6, 6.07) is 1.85. The van der Waals surface area contributed by atoms with E-state index in [0.29, 0.717) is 19.0 Å². The van der Waals surface area contributed by atoms with Crippen LogP contribution in [-0.2, 0) is 0 Å². The van der Waals surface area contributed by atoms with Gasteiger partial charge >= 0.3 is 6.03 Å². The molecule has 2 amide bonds. The van der Waals surface area contributed by atoms with Gasteiger partial charge in [-0.15, -0.1) is 0 Å². The van der Waals surface area contributed by atoms with Crippen LogP contribution in [0.2, 0.25) is 0 Å². The first-order valence-corrected chi connectivity index (χ1v) is 7.21. The third-order valence-electron chi connectivity index (χ3n) is 3.40. The fraction of sp³-hybridized carbons (Fsp3) is 0.643. The lowest BCUT2D eigenvalue weighted by Crippen LogP contribution is -2.52. The number of hydrogen-bond acceptors (Lipinski definition) is 4. The molecular weight excluding hydrogens is 254 g/mol. The number of aromatic nitrogens is 2. The molecule has 2 heterocycles. The zero-order chi connectivity index (χ0) is 14.4. The topological polar surface area (TPSA) is 61.4 Å². The molecule has 0 bridgehead atoms. The van der Waals surface area contributed by atoms with E-state index in [1.807, 2.05) is 11.0 Å². The Labute approximate surface area is 120 Å². The first-order chi connectivity index (χ1) is 9.66. The molecule has 0 saturated carbocycles. The molecule has 0 unspecified atom stereocenters. The molecule has 20 heavy (non-hydrogen) atoms. The Morgan fingerprint density at radius 3 is 2.50 bits per heavy atom. The van der Waals surface area contributed by atoms with Crippen LogP contribution in [0.25, 0.3) is 0 Å². The summed E-state index contributed by atoms with van der Waals surface area (Å²) in [4.78, 5) is 24.4. The summed E-state index contributed by atoms with van der Waals surface area (Å²) in [7, 11) is 0. The van der Waals surface area contributed by atoms with Gasteiger partial charge in [0.15, 0.2) is 0 Å². The molecule has 1 aliphatic rings. The second-order valence-corrected chi connectivity index (χ2v) is 5.44. The fourth-order valence-electron chi connectivity index (χ4n) is 2.14. The van der Waals surface area contributed by atoms with Crippen LogP contribution >= 0.6 is 0 Å². The summed E-state index contributed by atoms with van der Waals surface area (Å²) in [5.74, 6) is 1.36. The van der Waals surface area contributed by atoms with Crippen LogP contribution in [0.5, 0.6) is 0 Å². The van der Waals surface area contributed by atoms with Crippen LogP contribution in [0, 0.1) is 5.92 Å². The van der Waals surface area contributed by atoms with E-state index < -0.39 is 0 Å². The van der Waals surface area contributed by atoms with Crippen LogP contribution in [0.3, 0.4) is 0 Å². The standard InChI is InChI=1S/C14H23N5O/c1-12(2)4-7-17-14(20)19-10-8-18(9-11-19)13-15-5-3-6-16-13/h3,5-6,12H,4,7-11H2,1-2H3,(H,17,20). The lowest BCUT2D eigenvalue weighted by molar-refractivity contribution is 0.193. The predicted molar refractivity (Wildman–Crippen MR) is 78.7 cm³/mol. The van der Waals surface area contributed by atoms with Crippen molar-refractivity contribution >= 4 is 12.0 Å². The number of piperazine rings is 1. The van der Waals surface area contributed by atoms with Crippen molar-refractivity contribution in [1.29, 1.82) is 0 Å². The summed E-state index contributed by atoms with van der Waals surface area (Å²) in [6.45, 7) is 8.05. The average molecular weight is 277 g/mol. The summed E-state index contributed by atoms with van der Waals surface area (Å²) in [5, 5.41) is 2.98. The van der Waals surface area contributed by atoms with E-state index in [-0.39, 0.29) is 6.03 Å². The molecule has 1 aliphatic heterocycles. The van der Waals surface area contributed by atoms with E-state index in [4.69, 9.17) is 0 Å². The number of nitrogens with one attached hydrogen (secondary N) is 1. The molecular formula is C14H23N5O. The van der Waals surface area contributed by atoms with Gasteiger partial charge < -0.3 is 15.1 Å². The fourth-order valence-corrected chi connectivity index (χ4v) is 2.14. The zero-order valence-electron chi connectivity index (χ0n) is 12.2. The largest absolute Gasteiger partial charge is 0.338 e. The number of rotatable bonds is 4. The molecule has 1 aromatic rings. The molecule has 1 N–H and O–H groups in total. The van der Waals surface area contributed by atoms with Crippen molar-refractivity contribution in [3.63, 3.8) is 0 Å². The van der Waals surface area contributed by atoms with Gasteiger partial charge in [-0.2, -0.15) is 0 Å². The van der Waals surface area contributed by atoms with E-state index in [2.05, 4.69) is 34.0 Å². The number of carbonyl (C=O) groups is 1. The molecule has 0 aliphatic carbocycles. The minimum Gasteiger partial charge on any atom is -0.338 e. The second kappa shape index (κ2) is 7.07. The van der Waals surface area contributed by atoms with Crippen molar-refractivity contribution in [3.05, 3.63) is 18.5 Å². The van der Waals surface area contributed by atoms with Gasteiger partial charge in [-0.3, -0.25) is 0 Å². The quantitative estimate of drug-likeness (QED) is 0.902. The molecule has 1 aromatic heterocycles. The van der Waals surface area contributed by atoms with Crippen LogP contribution in [-0.4, -0.2) is 53.6 Å². The van der Waals surface area contributed by atoms with Gasteiger partial charge in [-0.1, -0.05) is 13.8 Å². The van der Waals surface area contributed by atoms with Crippen LogP contribution < -0.4 is 10.2 Å². The highest BCUT2D eigenvalue weighted by Crippen LogP contribution is 2.09. The van der Waals surface area contributed by atoms with Crippen LogP contribution in [0.15, 0.2) is 18.5 Å². The van der Waals surface area contributed by atoms with E-state index in [9.17, 15) is 4.79 Å². The van der Waals surface area contributed by atoms with Gasteiger partial charge in [0.2, 0.25) is 5.95 Å². The Balaban J connectivity index is 1.75. The maximum atomic E-state index is 12.0. The van der Waals surface area contributed by atoms with Crippen molar-refractivity contribution in [2.45, 2.75) is 20.3 Å². The van der Waals surface area contributed by atoms with Gasteiger partial charge in [0.1, 0.15) is 0 Å². The predicted octanol–water partition coefficient (Wildman–Crippen LogP) is 1.35. The van der Waals surface area contributed by atoms with E-state index in [0.717, 1.165) is 32.0 Å². The maximum Gasteiger partial charge on any atom is 0.317 e. The number of nitrogens with zero attached hydrogens (tertiary/aromatic N) is 4. The van der Waals surface area contributed by atoms with Crippen LogP contribution in [0.4, 0.5) is 10.7 Å². The summed E-state index contributed by atoms with van der Waals surface area (Å²) < 4.78 is 0. The maximum absolute atomic E-state index is 12.0. The molecule has 0 aromatic carbocycles. The number of anilines is 1. The van der Waals surface area contributed by atoms with Crippen molar-refractivity contribution in [2.24, 2.45) is 5.92 Å². The third-order valence-corrected chi connectivity index (χ3v) is 3.40. The normalized spacial score (nSPS) is 15.6. The van der Waals surface area contributed by atoms with E-state index in [1.54, 1.807) is 12.4 Å². The minimum atomic E-state index is 0.0410. The lowest BCUT2D eigenvalue weighted by Gasteiger charge is -2.34. The lowest BCUT2D eigenvalue weighted by atomic mass is 10.1. The van der Waals surface area contributed by atoms with Crippen molar-refractivity contribution < 1.29 is 4.79 Å². The molecule has 0 spiro atoms. The third kappa shape index (κ3) is 4.08. The molecule has 1 saturated heterocycles. The first-order valence-electron chi connectivity index (χ1n) is 7.21. The van der Waals surface area contributed by atoms with Crippen molar-refractivity contribution in [2.75, 3.05) is 37.6 Å². The average Bonchev–Trinajstić information content (AvgIpc) is 2.48. The Morgan fingerprint density at radius 1 is 1.25 bits per heavy atom. The number of urea groups is 1. The summed E-state index contributed by atoms with van der Waals surface area (Å²) in [6.07, 6.45) is 4.50. The van der Waals surface area contributed by atoms with Gasteiger partial charge in [-0.05, 0) is 18.4 Å². The highest BCUT2D eigenvalue weighted by molar-refractivity contribution is 5.74. The van der Waals surface area contributed by atoms with Crippen LogP contribution in [0.1, 0.15) is 20.3 Å². The SMILES string of the molecule is CC(C)CCNC(=O)N1CCN(c2ncccn2)CC1. The Hall–Kier alpha value is -1.85. The number of hydrogen-bond donors (Lipinski definition) is 1. The highest BCUT2D eigenvalue weighted by atomic mass is 16.2. The van der Waals surface area contributed by atoms with E-state index >= 15 is 0 Å². The first kappa shape index (κ1) is 14.6. The zero-order valence-corrected chi connectivity index (χ0v) is 12.2. The monoisotopic (exact) mass is 277 g/mol. The number of carbonyl (C=O) groups excluding carboxylic acids is 1. The smallest absolute Gasteiger partial charge is 0.317 e. The second-order valence-electron chi connectivity index (χ2n) is 5.44. The minimum absolute atomic E-state index is 0.0410. The molecule has 1 fully saturated rings. The highest BCUT2D eigenvalue weighted by Gasteiger charge is 2.21. The molecule has 6 nitrogen and oxygen atoms in total. The van der Waals surface area contributed by atoms with Gasteiger partial charge in [0, 0.05) is 45.1 Å². The Kier molecular flexibility index (Phi) is 5.15. The molecule has 0 atom stereocenters. The van der Waals surface area contributed by atoms with Crippen molar-refractivity contribution in [1.82, 2.24) is 20.2 Å². The molecule has 6 heteroatoms. The molecule has 110 valence electrons. The van der Waals surface area contributed by atoms with E-state index in [1.165, 1.54) is 0 Å². The Bertz CT molecular complexity index is 415. The molecule has 2 rings (SSSR count). The van der Waals surface area contributed by atoms with Gasteiger partial charge in [0.05, 0.1) is 0 Å². The number of amides is 2. The van der Waals surface area contributed by atoms with Gasteiger partial charge in [0.25, 0.3) is 0 Å². The summed E-state index contributed by atoms with van der Waals surface area (Å²) >= 11 is 0. The van der Waals surface area contributed by atoms with Crippen molar-refractivity contribution in [3.8, 4) is 0 Å². The Morgan fingerprint density at radius 2 is 1.90 bits per heavy atom. The van der Waals surface area contributed by atoms with Gasteiger partial charge in [-0.25, -0.2) is 14.8 Å².